The standard InChI is InChI=1S/C22H16O2/c23-21-10-9-17-18(22(21)24)8-7-15-11-14-6-5-13-3-1-2-4-16(13)19(14)12-20(15)17/h1-12,21-24H/t21-,22+/m1/s1. The monoisotopic (exact) mass is 312 g/mol. The highest BCUT2D eigenvalue weighted by Crippen LogP contribution is 2.36. The Balaban J connectivity index is 1.93. The van der Waals surface area contributed by atoms with Crippen LogP contribution < -0.4 is 0 Å². The van der Waals surface area contributed by atoms with Crippen LogP contribution in [0.4, 0.5) is 0 Å². The molecule has 0 bridgehead atoms. The third kappa shape index (κ3) is 1.84. The van der Waals surface area contributed by atoms with Crippen LogP contribution in [0.25, 0.3) is 38.4 Å². The van der Waals surface area contributed by atoms with Gasteiger partial charge in [-0.05, 0) is 55.6 Å². The second-order valence-corrected chi connectivity index (χ2v) is 6.44. The molecule has 0 aromatic heterocycles. The summed E-state index contributed by atoms with van der Waals surface area (Å²) in [7, 11) is 0. The fourth-order valence-corrected chi connectivity index (χ4v) is 3.80. The Hall–Kier alpha value is -2.68. The number of fused-ring (bicyclic) bond motifs is 6. The van der Waals surface area contributed by atoms with E-state index in [1.165, 1.54) is 21.5 Å². The summed E-state index contributed by atoms with van der Waals surface area (Å²) in [6.07, 6.45) is 1.89. The molecule has 0 amide bonds. The number of aliphatic hydroxyl groups excluding tert-OH is 2. The van der Waals surface area contributed by atoms with Crippen LogP contribution in [0.2, 0.25) is 0 Å². The maximum absolute atomic E-state index is 10.3. The van der Waals surface area contributed by atoms with Crippen LogP contribution in [0.5, 0.6) is 0 Å². The molecule has 116 valence electrons. The number of aliphatic hydroxyl groups is 2. The molecule has 2 nitrogen and oxygen atoms in total. The van der Waals surface area contributed by atoms with E-state index in [2.05, 4.69) is 48.5 Å². The SMILES string of the molecule is O[C@@H]1C=Cc2c(ccc3cc4ccc5ccccc5c4cc23)[C@@H]1O. The lowest BCUT2D eigenvalue weighted by atomic mass is 9.87. The van der Waals surface area contributed by atoms with E-state index in [1.807, 2.05) is 18.2 Å². The summed E-state index contributed by atoms with van der Waals surface area (Å²) < 4.78 is 0. The maximum atomic E-state index is 10.3. The second kappa shape index (κ2) is 4.91. The molecule has 24 heavy (non-hydrogen) atoms. The summed E-state index contributed by atoms with van der Waals surface area (Å²) in [6.45, 7) is 0. The van der Waals surface area contributed by atoms with E-state index < -0.39 is 12.2 Å². The van der Waals surface area contributed by atoms with E-state index in [0.717, 1.165) is 21.9 Å². The molecule has 2 N–H and O–H groups in total. The molecule has 4 aromatic rings. The first-order valence-electron chi connectivity index (χ1n) is 8.15. The first-order valence-corrected chi connectivity index (χ1v) is 8.15. The van der Waals surface area contributed by atoms with Crippen molar-refractivity contribution in [1.29, 1.82) is 0 Å². The van der Waals surface area contributed by atoms with Gasteiger partial charge in [-0.25, -0.2) is 0 Å². The molecule has 1 aliphatic rings. The Morgan fingerprint density at radius 2 is 1.42 bits per heavy atom. The quantitative estimate of drug-likeness (QED) is 0.369. The van der Waals surface area contributed by atoms with Crippen molar-refractivity contribution in [3.05, 3.63) is 77.9 Å². The Kier molecular flexibility index (Phi) is 2.81. The van der Waals surface area contributed by atoms with Gasteiger partial charge in [0.15, 0.2) is 0 Å². The Morgan fingerprint density at radius 1 is 0.667 bits per heavy atom. The lowest BCUT2D eigenvalue weighted by molar-refractivity contribution is 0.0471. The molecule has 0 aliphatic heterocycles. The van der Waals surface area contributed by atoms with Gasteiger partial charge in [0.2, 0.25) is 0 Å². The minimum atomic E-state index is -0.863. The van der Waals surface area contributed by atoms with Crippen molar-refractivity contribution in [2.45, 2.75) is 12.2 Å². The van der Waals surface area contributed by atoms with Crippen LogP contribution >= 0.6 is 0 Å². The average Bonchev–Trinajstić information content (AvgIpc) is 2.63. The van der Waals surface area contributed by atoms with Gasteiger partial charge >= 0.3 is 0 Å². The van der Waals surface area contributed by atoms with Crippen molar-refractivity contribution in [2.75, 3.05) is 0 Å². The maximum Gasteiger partial charge on any atom is 0.109 e. The van der Waals surface area contributed by atoms with E-state index in [9.17, 15) is 10.2 Å². The predicted octanol–water partition coefficient (Wildman–Crippen LogP) is 4.57. The highest BCUT2D eigenvalue weighted by Gasteiger charge is 2.23. The van der Waals surface area contributed by atoms with E-state index >= 15 is 0 Å². The van der Waals surface area contributed by atoms with Gasteiger partial charge in [-0.3, -0.25) is 0 Å². The fourth-order valence-electron chi connectivity index (χ4n) is 3.80. The number of hydrogen-bond acceptors (Lipinski definition) is 2. The molecule has 0 saturated heterocycles. The molecule has 2 atom stereocenters. The summed E-state index contributed by atoms with van der Waals surface area (Å²) in [5, 5.41) is 27.3. The van der Waals surface area contributed by atoms with Crippen LogP contribution in [0.1, 0.15) is 17.2 Å². The fraction of sp³-hybridized carbons (Fsp3) is 0.0909. The second-order valence-electron chi connectivity index (χ2n) is 6.44. The van der Waals surface area contributed by atoms with Crippen LogP contribution in [0.15, 0.2) is 66.7 Å². The molecule has 5 rings (SSSR count). The molecule has 0 unspecified atom stereocenters. The van der Waals surface area contributed by atoms with Gasteiger partial charge in [0.05, 0.1) is 0 Å². The number of benzene rings is 4. The molecule has 0 radical (unpaired) electrons. The van der Waals surface area contributed by atoms with Gasteiger partial charge in [-0.1, -0.05) is 60.7 Å². The Morgan fingerprint density at radius 3 is 2.33 bits per heavy atom. The van der Waals surface area contributed by atoms with Gasteiger partial charge < -0.3 is 10.2 Å². The van der Waals surface area contributed by atoms with Gasteiger partial charge in [0.1, 0.15) is 12.2 Å². The lowest BCUT2D eigenvalue weighted by Crippen LogP contribution is -2.19. The summed E-state index contributed by atoms with van der Waals surface area (Å²) in [5.74, 6) is 0. The molecule has 0 spiro atoms. The van der Waals surface area contributed by atoms with E-state index in [1.54, 1.807) is 6.08 Å². The van der Waals surface area contributed by atoms with Gasteiger partial charge in [-0.2, -0.15) is 0 Å². The minimum Gasteiger partial charge on any atom is -0.386 e. The number of hydrogen-bond donors (Lipinski definition) is 2. The zero-order valence-electron chi connectivity index (χ0n) is 13.0. The van der Waals surface area contributed by atoms with Crippen LogP contribution in [0, 0.1) is 0 Å². The van der Waals surface area contributed by atoms with E-state index in [4.69, 9.17) is 0 Å². The van der Waals surface area contributed by atoms with Gasteiger partial charge in [0.25, 0.3) is 0 Å². The molecule has 0 fully saturated rings. The topological polar surface area (TPSA) is 40.5 Å². The van der Waals surface area contributed by atoms with Crippen LogP contribution in [0.3, 0.4) is 0 Å². The molecule has 4 aromatic carbocycles. The Labute approximate surface area is 139 Å². The highest BCUT2D eigenvalue weighted by atomic mass is 16.3. The first-order chi connectivity index (χ1) is 11.7. The lowest BCUT2D eigenvalue weighted by Gasteiger charge is -2.23. The molecule has 0 heterocycles. The number of rotatable bonds is 0. The summed E-state index contributed by atoms with van der Waals surface area (Å²) in [4.78, 5) is 0. The highest BCUT2D eigenvalue weighted by molar-refractivity contribution is 6.13. The summed E-state index contributed by atoms with van der Waals surface area (Å²) in [5.41, 5.74) is 1.79. The normalized spacial score (nSPS) is 19.9. The van der Waals surface area contributed by atoms with Gasteiger partial charge in [0, 0.05) is 0 Å². The molecule has 2 heteroatoms. The van der Waals surface area contributed by atoms with Crippen molar-refractivity contribution in [1.82, 2.24) is 0 Å². The zero-order chi connectivity index (χ0) is 16.3. The van der Waals surface area contributed by atoms with Crippen molar-refractivity contribution < 1.29 is 10.2 Å². The smallest absolute Gasteiger partial charge is 0.109 e. The Bertz CT molecular complexity index is 1140. The van der Waals surface area contributed by atoms with Crippen LogP contribution in [-0.2, 0) is 0 Å². The summed E-state index contributed by atoms with van der Waals surface area (Å²) in [6, 6.07) is 21.0. The molecular weight excluding hydrogens is 296 g/mol. The van der Waals surface area contributed by atoms with Gasteiger partial charge in [-0.15, -0.1) is 0 Å². The zero-order valence-corrected chi connectivity index (χ0v) is 13.0. The molecule has 0 saturated carbocycles. The molecule has 1 aliphatic carbocycles. The third-order valence-corrected chi connectivity index (χ3v) is 5.06. The largest absolute Gasteiger partial charge is 0.386 e. The van der Waals surface area contributed by atoms with Crippen molar-refractivity contribution >= 4 is 38.4 Å². The minimum absolute atomic E-state index is 0.789. The molecular formula is C22H16O2. The van der Waals surface area contributed by atoms with Crippen molar-refractivity contribution in [3.8, 4) is 0 Å². The first kappa shape index (κ1) is 13.7. The van der Waals surface area contributed by atoms with E-state index in [0.29, 0.717) is 0 Å². The predicted molar refractivity (Wildman–Crippen MR) is 99.0 cm³/mol. The van der Waals surface area contributed by atoms with E-state index in [-0.39, 0.29) is 0 Å². The van der Waals surface area contributed by atoms with Crippen molar-refractivity contribution in [2.24, 2.45) is 0 Å². The van der Waals surface area contributed by atoms with Crippen LogP contribution in [-0.4, -0.2) is 16.3 Å². The summed E-state index contributed by atoms with van der Waals surface area (Å²) >= 11 is 0. The third-order valence-electron chi connectivity index (χ3n) is 5.06. The van der Waals surface area contributed by atoms with Crippen molar-refractivity contribution in [3.63, 3.8) is 0 Å². The average molecular weight is 312 g/mol.